The SMILES string of the molecule is Cc1nc([C@H]2CN(C(=O)CC(C)(C)c3ccccc3)CCO2)no1. The summed E-state index contributed by atoms with van der Waals surface area (Å²) in [6.07, 6.45) is 0.134. The van der Waals surface area contributed by atoms with E-state index >= 15 is 0 Å². The highest BCUT2D eigenvalue weighted by Crippen LogP contribution is 2.29. The van der Waals surface area contributed by atoms with Crippen molar-refractivity contribution in [1.29, 1.82) is 0 Å². The molecule has 6 heteroatoms. The van der Waals surface area contributed by atoms with Crippen molar-refractivity contribution in [3.63, 3.8) is 0 Å². The number of aromatic nitrogens is 2. The van der Waals surface area contributed by atoms with Crippen molar-refractivity contribution in [3.05, 3.63) is 47.6 Å². The minimum atomic E-state index is -0.319. The molecular weight excluding hydrogens is 306 g/mol. The van der Waals surface area contributed by atoms with Gasteiger partial charge in [-0.3, -0.25) is 4.79 Å². The Balaban J connectivity index is 1.66. The van der Waals surface area contributed by atoms with Crippen molar-refractivity contribution in [2.75, 3.05) is 19.7 Å². The summed E-state index contributed by atoms with van der Waals surface area (Å²) in [4.78, 5) is 18.8. The Morgan fingerprint density at radius 2 is 2.08 bits per heavy atom. The Morgan fingerprint density at radius 3 is 2.75 bits per heavy atom. The first-order chi connectivity index (χ1) is 11.5. The first-order valence-corrected chi connectivity index (χ1v) is 8.21. The maximum absolute atomic E-state index is 12.8. The lowest BCUT2D eigenvalue weighted by molar-refractivity contribution is -0.140. The summed E-state index contributed by atoms with van der Waals surface area (Å²) in [5.41, 5.74) is 0.950. The van der Waals surface area contributed by atoms with Crippen LogP contribution in [0, 0.1) is 6.92 Å². The average molecular weight is 329 g/mol. The molecule has 0 saturated carbocycles. The lowest BCUT2D eigenvalue weighted by Gasteiger charge is -2.34. The molecule has 0 spiro atoms. The number of amides is 1. The van der Waals surface area contributed by atoms with Crippen molar-refractivity contribution >= 4 is 5.91 Å². The maximum atomic E-state index is 12.8. The van der Waals surface area contributed by atoms with Crippen LogP contribution in [0.3, 0.4) is 0 Å². The van der Waals surface area contributed by atoms with Gasteiger partial charge in [-0.1, -0.05) is 49.3 Å². The van der Waals surface area contributed by atoms with Crippen LogP contribution in [-0.2, 0) is 14.9 Å². The molecule has 2 heterocycles. The number of ether oxygens (including phenoxy) is 1. The van der Waals surface area contributed by atoms with E-state index in [0.29, 0.717) is 37.8 Å². The van der Waals surface area contributed by atoms with Gasteiger partial charge < -0.3 is 14.2 Å². The number of carbonyl (C=O) groups excluding carboxylic acids is 1. The standard InChI is InChI=1S/C18H23N3O3/c1-13-19-17(20-24-13)15-12-21(9-10-23-15)16(22)11-18(2,3)14-7-5-4-6-8-14/h4-8,15H,9-12H2,1-3H3/t15-/m1/s1. The third-order valence-electron chi connectivity index (χ3n) is 4.40. The van der Waals surface area contributed by atoms with E-state index in [-0.39, 0.29) is 17.4 Å². The Morgan fingerprint density at radius 1 is 1.33 bits per heavy atom. The third-order valence-corrected chi connectivity index (χ3v) is 4.40. The highest BCUT2D eigenvalue weighted by molar-refractivity contribution is 5.78. The van der Waals surface area contributed by atoms with Crippen LogP contribution in [0.25, 0.3) is 0 Å². The summed E-state index contributed by atoms with van der Waals surface area (Å²) in [5.74, 6) is 1.13. The fourth-order valence-electron chi connectivity index (χ4n) is 2.96. The van der Waals surface area contributed by atoms with Crippen molar-refractivity contribution in [3.8, 4) is 0 Å². The van der Waals surface area contributed by atoms with Gasteiger partial charge in [0.1, 0.15) is 6.10 Å². The number of rotatable bonds is 4. The van der Waals surface area contributed by atoms with E-state index in [4.69, 9.17) is 9.26 Å². The largest absolute Gasteiger partial charge is 0.366 e. The predicted molar refractivity (Wildman–Crippen MR) is 88.4 cm³/mol. The quantitative estimate of drug-likeness (QED) is 0.862. The van der Waals surface area contributed by atoms with E-state index in [2.05, 4.69) is 36.1 Å². The van der Waals surface area contributed by atoms with Crippen LogP contribution in [0.5, 0.6) is 0 Å². The monoisotopic (exact) mass is 329 g/mol. The fraction of sp³-hybridized carbons (Fsp3) is 0.500. The van der Waals surface area contributed by atoms with Crippen molar-refractivity contribution in [1.82, 2.24) is 15.0 Å². The van der Waals surface area contributed by atoms with Gasteiger partial charge in [0, 0.05) is 19.9 Å². The van der Waals surface area contributed by atoms with Crippen molar-refractivity contribution < 1.29 is 14.1 Å². The molecule has 1 aromatic heterocycles. The zero-order chi connectivity index (χ0) is 17.2. The number of hydrogen-bond acceptors (Lipinski definition) is 5. The number of hydrogen-bond donors (Lipinski definition) is 0. The van der Waals surface area contributed by atoms with Gasteiger partial charge in [-0.2, -0.15) is 4.98 Å². The zero-order valence-corrected chi connectivity index (χ0v) is 14.4. The fourth-order valence-corrected chi connectivity index (χ4v) is 2.96. The van der Waals surface area contributed by atoms with Crippen LogP contribution in [0.1, 0.15) is 43.7 Å². The van der Waals surface area contributed by atoms with Crippen LogP contribution >= 0.6 is 0 Å². The van der Waals surface area contributed by atoms with Gasteiger partial charge in [-0.25, -0.2) is 0 Å². The normalized spacial score (nSPS) is 18.6. The van der Waals surface area contributed by atoms with Gasteiger partial charge in [0.15, 0.2) is 0 Å². The van der Waals surface area contributed by atoms with Gasteiger partial charge in [-0.15, -0.1) is 0 Å². The molecule has 2 aromatic rings. The van der Waals surface area contributed by atoms with Crippen LogP contribution in [0.15, 0.2) is 34.9 Å². The summed E-state index contributed by atoms with van der Waals surface area (Å²) >= 11 is 0. The molecule has 1 saturated heterocycles. The molecule has 0 N–H and O–H groups in total. The number of aryl methyl sites for hydroxylation is 1. The van der Waals surface area contributed by atoms with Gasteiger partial charge >= 0.3 is 0 Å². The summed E-state index contributed by atoms with van der Waals surface area (Å²) in [6, 6.07) is 10.1. The second kappa shape index (κ2) is 6.73. The van der Waals surface area contributed by atoms with Crippen LogP contribution in [-0.4, -0.2) is 40.6 Å². The van der Waals surface area contributed by atoms with E-state index in [1.54, 1.807) is 6.92 Å². The molecule has 24 heavy (non-hydrogen) atoms. The molecule has 1 amide bonds. The minimum Gasteiger partial charge on any atom is -0.366 e. The molecule has 1 aliphatic rings. The Hall–Kier alpha value is -2.21. The molecule has 6 nitrogen and oxygen atoms in total. The zero-order valence-electron chi connectivity index (χ0n) is 14.4. The predicted octanol–water partition coefficient (Wildman–Crippen LogP) is 2.65. The molecule has 0 bridgehead atoms. The number of benzene rings is 1. The Labute approximate surface area is 141 Å². The summed E-state index contributed by atoms with van der Waals surface area (Å²) < 4.78 is 10.7. The minimum absolute atomic E-state index is 0.123. The molecule has 128 valence electrons. The highest BCUT2D eigenvalue weighted by Gasteiger charge is 2.32. The third kappa shape index (κ3) is 3.64. The lowest BCUT2D eigenvalue weighted by atomic mass is 9.81. The molecule has 1 fully saturated rings. The van der Waals surface area contributed by atoms with Gasteiger partial charge in [-0.05, 0) is 11.0 Å². The maximum Gasteiger partial charge on any atom is 0.223 e. The van der Waals surface area contributed by atoms with E-state index in [1.807, 2.05) is 23.1 Å². The van der Waals surface area contributed by atoms with Crippen LogP contribution in [0.4, 0.5) is 0 Å². The smallest absolute Gasteiger partial charge is 0.223 e. The number of nitrogens with zero attached hydrogens (tertiary/aromatic N) is 3. The molecule has 0 unspecified atom stereocenters. The summed E-state index contributed by atoms with van der Waals surface area (Å²) in [6.45, 7) is 7.47. The second-order valence-electron chi connectivity index (χ2n) is 6.80. The highest BCUT2D eigenvalue weighted by atomic mass is 16.5. The Kier molecular flexibility index (Phi) is 4.66. The first kappa shape index (κ1) is 16.6. The van der Waals surface area contributed by atoms with Gasteiger partial charge in [0.2, 0.25) is 17.6 Å². The second-order valence-corrected chi connectivity index (χ2v) is 6.80. The van der Waals surface area contributed by atoms with Crippen molar-refractivity contribution in [2.45, 2.75) is 38.7 Å². The molecule has 1 atom stereocenters. The van der Waals surface area contributed by atoms with Gasteiger partial charge in [0.25, 0.3) is 0 Å². The number of carbonyl (C=O) groups is 1. The molecule has 3 rings (SSSR count). The summed E-state index contributed by atoms with van der Waals surface area (Å²) in [5, 5.41) is 3.91. The lowest BCUT2D eigenvalue weighted by Crippen LogP contribution is -2.44. The topological polar surface area (TPSA) is 68.5 Å². The van der Waals surface area contributed by atoms with Crippen LogP contribution in [0.2, 0.25) is 0 Å². The molecule has 0 aliphatic carbocycles. The molecule has 0 radical (unpaired) electrons. The molecule has 1 aliphatic heterocycles. The first-order valence-electron chi connectivity index (χ1n) is 8.21. The van der Waals surface area contributed by atoms with Gasteiger partial charge in [0.05, 0.1) is 13.2 Å². The molecule has 1 aromatic carbocycles. The average Bonchev–Trinajstić information content (AvgIpc) is 3.02. The van der Waals surface area contributed by atoms with E-state index in [0.717, 1.165) is 5.56 Å². The molecular formula is C18H23N3O3. The Bertz CT molecular complexity index is 697. The van der Waals surface area contributed by atoms with E-state index in [9.17, 15) is 4.79 Å². The van der Waals surface area contributed by atoms with Crippen molar-refractivity contribution in [2.24, 2.45) is 0 Å². The van der Waals surface area contributed by atoms with Crippen LogP contribution < -0.4 is 0 Å². The summed E-state index contributed by atoms with van der Waals surface area (Å²) in [7, 11) is 0. The van der Waals surface area contributed by atoms with E-state index < -0.39 is 0 Å². The van der Waals surface area contributed by atoms with E-state index in [1.165, 1.54) is 0 Å². The number of morpholine rings is 1.